The average molecular weight is 536 g/mol. The molecular formula is C29H34FN5O4. The van der Waals surface area contributed by atoms with Gasteiger partial charge in [0.2, 0.25) is 0 Å². The molecule has 0 bridgehead atoms. The summed E-state index contributed by atoms with van der Waals surface area (Å²) in [6, 6.07) is 13.4. The summed E-state index contributed by atoms with van der Waals surface area (Å²) in [5.74, 6) is -0.518. The zero-order valence-electron chi connectivity index (χ0n) is 22.3. The van der Waals surface area contributed by atoms with Crippen molar-refractivity contribution in [2.24, 2.45) is 5.92 Å². The van der Waals surface area contributed by atoms with Gasteiger partial charge in [-0.05, 0) is 68.1 Å². The van der Waals surface area contributed by atoms with E-state index < -0.39 is 17.9 Å². The number of fused-ring (bicyclic) bond motifs is 1. The number of benzene rings is 2. The van der Waals surface area contributed by atoms with E-state index in [0.29, 0.717) is 36.6 Å². The van der Waals surface area contributed by atoms with E-state index in [4.69, 9.17) is 4.74 Å². The Morgan fingerprint density at radius 1 is 1.18 bits per heavy atom. The minimum Gasteiger partial charge on any atom is -0.486 e. The topological polar surface area (TPSA) is 107 Å². The number of nitrogens with zero attached hydrogens (tertiary/aromatic N) is 3. The predicted molar refractivity (Wildman–Crippen MR) is 147 cm³/mol. The van der Waals surface area contributed by atoms with Crippen molar-refractivity contribution in [1.82, 2.24) is 14.8 Å². The number of aliphatic hydroxyl groups excluding tert-OH is 1. The molecule has 1 aliphatic heterocycles. The van der Waals surface area contributed by atoms with Crippen LogP contribution in [-0.2, 0) is 6.54 Å². The lowest BCUT2D eigenvalue weighted by atomic mass is 9.99. The molecule has 0 spiro atoms. The van der Waals surface area contributed by atoms with Crippen LogP contribution in [0.2, 0.25) is 0 Å². The number of rotatable bonds is 8. The monoisotopic (exact) mass is 535 g/mol. The number of aliphatic hydroxyl groups is 1. The minimum absolute atomic E-state index is 0.0860. The second-order valence-electron chi connectivity index (χ2n) is 9.94. The van der Waals surface area contributed by atoms with Crippen molar-refractivity contribution in [1.29, 1.82) is 0 Å². The highest BCUT2D eigenvalue weighted by Gasteiger charge is 2.34. The summed E-state index contributed by atoms with van der Waals surface area (Å²) in [6.07, 6.45) is 3.17. The molecule has 3 atom stereocenters. The van der Waals surface area contributed by atoms with Gasteiger partial charge in [-0.1, -0.05) is 13.0 Å². The molecule has 3 amide bonds. The molecule has 0 radical (unpaired) electrons. The summed E-state index contributed by atoms with van der Waals surface area (Å²) in [5, 5.41) is 15.3. The molecule has 0 unspecified atom stereocenters. The molecule has 10 heteroatoms. The number of hydrogen-bond acceptors (Lipinski definition) is 6. The highest BCUT2D eigenvalue weighted by molar-refractivity contribution is 6.04. The van der Waals surface area contributed by atoms with E-state index in [1.165, 1.54) is 24.3 Å². The Labute approximate surface area is 227 Å². The number of amides is 3. The summed E-state index contributed by atoms with van der Waals surface area (Å²) >= 11 is 0. The Bertz CT molecular complexity index is 1270. The van der Waals surface area contributed by atoms with E-state index in [2.05, 4.69) is 20.5 Å². The first kappa shape index (κ1) is 28.0. The van der Waals surface area contributed by atoms with Crippen molar-refractivity contribution in [2.45, 2.75) is 32.5 Å². The van der Waals surface area contributed by atoms with E-state index in [9.17, 15) is 19.1 Å². The Balaban J connectivity index is 1.62. The molecule has 2 heterocycles. The molecule has 206 valence electrons. The quantitative estimate of drug-likeness (QED) is 0.399. The van der Waals surface area contributed by atoms with Crippen molar-refractivity contribution >= 4 is 23.3 Å². The fourth-order valence-corrected chi connectivity index (χ4v) is 4.55. The van der Waals surface area contributed by atoms with Gasteiger partial charge in [0.15, 0.2) is 5.75 Å². The van der Waals surface area contributed by atoms with E-state index in [-0.39, 0.29) is 30.3 Å². The molecule has 2 aromatic carbocycles. The lowest BCUT2D eigenvalue weighted by molar-refractivity contribution is 0.0343. The molecule has 4 rings (SSSR count). The van der Waals surface area contributed by atoms with E-state index >= 15 is 0 Å². The van der Waals surface area contributed by atoms with Gasteiger partial charge in [-0.2, -0.15) is 0 Å². The van der Waals surface area contributed by atoms with Gasteiger partial charge in [-0.25, -0.2) is 9.18 Å². The number of hydrogen-bond donors (Lipinski definition) is 3. The van der Waals surface area contributed by atoms with Gasteiger partial charge in [0.25, 0.3) is 5.91 Å². The Morgan fingerprint density at radius 2 is 1.90 bits per heavy atom. The smallest absolute Gasteiger partial charge is 0.323 e. The van der Waals surface area contributed by atoms with Crippen molar-refractivity contribution in [3.63, 3.8) is 0 Å². The number of urea groups is 1. The first-order chi connectivity index (χ1) is 18.7. The third-order valence-electron chi connectivity index (χ3n) is 6.73. The van der Waals surface area contributed by atoms with Crippen LogP contribution in [0.15, 0.2) is 67.0 Å². The van der Waals surface area contributed by atoms with Gasteiger partial charge in [-0.3, -0.25) is 14.7 Å². The SMILES string of the molecule is C[C@@H]1CN([C@@H](C)CO)C(=O)c2cccc(NC(=O)Nc3ccc(F)cc3)c2O[C@H]1CN(C)Cc1ccncc1. The lowest BCUT2D eigenvalue weighted by Gasteiger charge is -2.38. The van der Waals surface area contributed by atoms with Gasteiger partial charge < -0.3 is 25.4 Å². The van der Waals surface area contributed by atoms with Crippen molar-refractivity contribution in [3.8, 4) is 5.75 Å². The number of carbonyl (C=O) groups is 2. The first-order valence-electron chi connectivity index (χ1n) is 12.9. The standard InChI is InChI=1S/C29H34FN5O4/c1-19-15-35(20(2)18-36)28(37)24-5-4-6-25(33-29(38)32-23-9-7-22(30)8-10-23)27(24)39-26(19)17-34(3)16-21-11-13-31-14-12-21/h4-14,19-20,26,36H,15-18H2,1-3H3,(H2,32,33,38)/t19-,20+,26+/m1/s1. The maximum atomic E-state index is 13.6. The molecule has 3 aromatic rings. The molecule has 1 aromatic heterocycles. The number of nitrogens with one attached hydrogen (secondary N) is 2. The first-order valence-corrected chi connectivity index (χ1v) is 12.9. The van der Waals surface area contributed by atoms with Crippen molar-refractivity contribution in [3.05, 3.63) is 83.9 Å². The van der Waals surface area contributed by atoms with Crippen LogP contribution >= 0.6 is 0 Å². The third kappa shape index (κ3) is 7.10. The predicted octanol–water partition coefficient (Wildman–Crippen LogP) is 4.22. The highest BCUT2D eigenvalue weighted by Crippen LogP contribution is 2.35. The largest absolute Gasteiger partial charge is 0.486 e. The van der Waals surface area contributed by atoms with Crippen molar-refractivity contribution < 1.29 is 23.8 Å². The summed E-state index contributed by atoms with van der Waals surface area (Å²) in [7, 11) is 2.00. The molecule has 3 N–H and O–H groups in total. The zero-order valence-corrected chi connectivity index (χ0v) is 22.3. The number of aromatic nitrogens is 1. The molecular weight excluding hydrogens is 501 g/mol. The molecule has 1 aliphatic rings. The molecule has 0 aliphatic carbocycles. The number of likely N-dealkylation sites (N-methyl/N-ethyl adjacent to an activating group) is 1. The van der Waals surface area contributed by atoms with Gasteiger partial charge in [-0.15, -0.1) is 0 Å². The number of pyridine rings is 1. The number of anilines is 2. The number of carbonyl (C=O) groups excluding carboxylic acids is 2. The number of halogens is 1. The Hall–Kier alpha value is -4.02. The van der Waals surface area contributed by atoms with Gasteiger partial charge in [0.1, 0.15) is 11.9 Å². The van der Waals surface area contributed by atoms with E-state index in [1.807, 2.05) is 26.1 Å². The van der Waals surface area contributed by atoms with E-state index in [0.717, 1.165) is 5.56 Å². The fraction of sp³-hybridized carbons (Fsp3) is 0.345. The Morgan fingerprint density at radius 3 is 2.59 bits per heavy atom. The average Bonchev–Trinajstić information content (AvgIpc) is 2.92. The van der Waals surface area contributed by atoms with Gasteiger partial charge in [0, 0.05) is 43.6 Å². The van der Waals surface area contributed by atoms with Crippen LogP contribution in [0.25, 0.3) is 0 Å². The van der Waals surface area contributed by atoms with Crippen LogP contribution < -0.4 is 15.4 Å². The maximum absolute atomic E-state index is 13.6. The summed E-state index contributed by atoms with van der Waals surface area (Å²) in [4.78, 5) is 34.3. The lowest BCUT2D eigenvalue weighted by Crippen LogP contribution is -2.49. The molecule has 39 heavy (non-hydrogen) atoms. The highest BCUT2D eigenvalue weighted by atomic mass is 19.1. The molecule has 0 saturated heterocycles. The third-order valence-corrected chi connectivity index (χ3v) is 6.73. The Kier molecular flexibility index (Phi) is 9.11. The second-order valence-corrected chi connectivity index (χ2v) is 9.94. The molecule has 0 fully saturated rings. The number of ether oxygens (including phenoxy) is 1. The fourth-order valence-electron chi connectivity index (χ4n) is 4.55. The zero-order chi connectivity index (χ0) is 27.9. The summed E-state index contributed by atoms with van der Waals surface area (Å²) < 4.78 is 19.8. The van der Waals surface area contributed by atoms with E-state index in [1.54, 1.807) is 42.4 Å². The van der Waals surface area contributed by atoms with Crippen LogP contribution in [0.4, 0.5) is 20.6 Å². The molecule has 9 nitrogen and oxygen atoms in total. The van der Waals surface area contributed by atoms with Crippen molar-refractivity contribution in [2.75, 3.05) is 37.4 Å². The summed E-state index contributed by atoms with van der Waals surface area (Å²) in [5.41, 5.74) is 2.14. The van der Waals surface area contributed by atoms with Crippen LogP contribution in [0.5, 0.6) is 5.75 Å². The van der Waals surface area contributed by atoms with Crippen LogP contribution in [-0.4, -0.2) is 70.7 Å². The van der Waals surface area contributed by atoms with Crippen LogP contribution in [0.1, 0.15) is 29.8 Å². The van der Waals surface area contributed by atoms with Gasteiger partial charge in [0.05, 0.1) is 23.9 Å². The van der Waals surface area contributed by atoms with Crippen LogP contribution in [0.3, 0.4) is 0 Å². The minimum atomic E-state index is -0.562. The maximum Gasteiger partial charge on any atom is 0.323 e. The molecule has 0 saturated carbocycles. The number of para-hydroxylation sites is 1. The normalized spacial score (nSPS) is 18.0. The second kappa shape index (κ2) is 12.7. The summed E-state index contributed by atoms with van der Waals surface area (Å²) in [6.45, 7) is 5.26. The van der Waals surface area contributed by atoms with Crippen LogP contribution in [0, 0.1) is 11.7 Å². The van der Waals surface area contributed by atoms with Gasteiger partial charge >= 0.3 is 6.03 Å².